The third-order valence-corrected chi connectivity index (χ3v) is 3.13. The average Bonchev–Trinajstić information content (AvgIpc) is 2.48. The minimum Gasteiger partial charge on any atom is -0.472 e. The maximum absolute atomic E-state index is 6.06. The van der Waals surface area contributed by atoms with Crippen LogP contribution < -0.4 is 10.1 Å². The molecule has 0 saturated carbocycles. The molecular weight excluding hydrogens is 274 g/mol. The molecule has 0 saturated heterocycles. The topological polar surface area (TPSA) is 47.0 Å². The number of ether oxygens (including phenoxy) is 1. The minimum atomic E-state index is 0.391. The number of nitrogens with one attached hydrogen (secondary N) is 1. The van der Waals surface area contributed by atoms with E-state index in [1.807, 2.05) is 36.4 Å². The summed E-state index contributed by atoms with van der Waals surface area (Å²) in [7, 11) is 0. The molecule has 1 aromatic heterocycles. The average molecular weight is 292 g/mol. The van der Waals surface area contributed by atoms with Gasteiger partial charge in [-0.3, -0.25) is 0 Å². The Labute approximate surface area is 124 Å². The van der Waals surface area contributed by atoms with Crippen molar-refractivity contribution in [3.05, 3.63) is 52.7 Å². The molecule has 5 heteroatoms. The summed E-state index contributed by atoms with van der Waals surface area (Å²) in [5, 5.41) is 12.1. The Morgan fingerprint density at radius 1 is 1.15 bits per heavy atom. The van der Waals surface area contributed by atoms with Crippen LogP contribution in [0, 0.1) is 0 Å². The molecule has 1 N–H and O–H groups in total. The first-order chi connectivity index (χ1) is 9.79. The van der Waals surface area contributed by atoms with Crippen LogP contribution in [-0.4, -0.2) is 16.7 Å². The molecule has 0 amide bonds. The molecule has 4 nitrogen and oxygen atoms in total. The number of aromatic nitrogens is 2. The second-order valence-corrected chi connectivity index (χ2v) is 4.83. The van der Waals surface area contributed by atoms with E-state index < -0.39 is 0 Å². The van der Waals surface area contributed by atoms with Crippen LogP contribution >= 0.6 is 11.6 Å². The molecule has 0 spiro atoms. The van der Waals surface area contributed by atoms with Gasteiger partial charge in [-0.2, -0.15) is 5.10 Å². The van der Waals surface area contributed by atoms with Crippen LogP contribution in [0.3, 0.4) is 0 Å². The SMILES string of the molecule is CCCNCc1ccc(OCc2ccccc2Cl)nn1. The fourth-order valence-corrected chi connectivity index (χ4v) is 1.87. The number of benzene rings is 1. The van der Waals surface area contributed by atoms with Gasteiger partial charge in [0.25, 0.3) is 0 Å². The second-order valence-electron chi connectivity index (χ2n) is 4.42. The van der Waals surface area contributed by atoms with Crippen LogP contribution in [0.25, 0.3) is 0 Å². The highest BCUT2D eigenvalue weighted by Gasteiger charge is 2.02. The molecule has 0 aliphatic heterocycles. The van der Waals surface area contributed by atoms with E-state index in [0.29, 0.717) is 17.5 Å². The van der Waals surface area contributed by atoms with E-state index in [1.54, 1.807) is 0 Å². The first kappa shape index (κ1) is 14.8. The maximum atomic E-state index is 6.06. The Bertz CT molecular complexity index is 531. The number of nitrogens with zero attached hydrogens (tertiary/aromatic N) is 2. The van der Waals surface area contributed by atoms with E-state index in [1.165, 1.54) is 0 Å². The zero-order chi connectivity index (χ0) is 14.2. The third-order valence-electron chi connectivity index (χ3n) is 2.76. The fraction of sp³-hybridized carbons (Fsp3) is 0.333. The van der Waals surface area contributed by atoms with Crippen molar-refractivity contribution in [3.63, 3.8) is 0 Å². The van der Waals surface area contributed by atoms with Crippen molar-refractivity contribution in [3.8, 4) is 5.88 Å². The summed E-state index contributed by atoms with van der Waals surface area (Å²) in [5.74, 6) is 0.504. The van der Waals surface area contributed by atoms with E-state index in [4.69, 9.17) is 16.3 Å². The van der Waals surface area contributed by atoms with Crippen LogP contribution in [0.15, 0.2) is 36.4 Å². The highest BCUT2D eigenvalue weighted by Crippen LogP contribution is 2.17. The van der Waals surface area contributed by atoms with Crippen molar-refractivity contribution >= 4 is 11.6 Å². The number of hydrogen-bond acceptors (Lipinski definition) is 4. The lowest BCUT2D eigenvalue weighted by atomic mass is 10.2. The van der Waals surface area contributed by atoms with Crippen LogP contribution in [0.4, 0.5) is 0 Å². The lowest BCUT2D eigenvalue weighted by Crippen LogP contribution is -2.15. The summed E-state index contributed by atoms with van der Waals surface area (Å²) >= 11 is 6.06. The van der Waals surface area contributed by atoms with E-state index in [-0.39, 0.29) is 0 Å². The summed E-state index contributed by atoms with van der Waals surface area (Å²) in [6.45, 7) is 4.23. The molecule has 0 fully saturated rings. The predicted molar refractivity (Wildman–Crippen MR) is 79.8 cm³/mol. The van der Waals surface area contributed by atoms with Crippen LogP contribution in [0.1, 0.15) is 24.6 Å². The van der Waals surface area contributed by atoms with Gasteiger partial charge in [-0.15, -0.1) is 5.10 Å². The predicted octanol–water partition coefficient (Wildman–Crippen LogP) is 3.21. The van der Waals surface area contributed by atoms with Crippen molar-refractivity contribution in [1.29, 1.82) is 0 Å². The maximum Gasteiger partial charge on any atom is 0.233 e. The Hall–Kier alpha value is -1.65. The molecule has 106 valence electrons. The van der Waals surface area contributed by atoms with Crippen LogP contribution in [-0.2, 0) is 13.2 Å². The van der Waals surface area contributed by atoms with Gasteiger partial charge in [0.1, 0.15) is 6.61 Å². The molecule has 2 rings (SSSR count). The highest BCUT2D eigenvalue weighted by molar-refractivity contribution is 6.31. The zero-order valence-corrected chi connectivity index (χ0v) is 12.2. The van der Waals surface area contributed by atoms with Crippen molar-refractivity contribution in [2.24, 2.45) is 0 Å². The number of hydrogen-bond donors (Lipinski definition) is 1. The number of halogens is 1. The van der Waals surface area contributed by atoms with Crippen LogP contribution in [0.5, 0.6) is 5.88 Å². The smallest absolute Gasteiger partial charge is 0.233 e. The van der Waals surface area contributed by atoms with Gasteiger partial charge in [-0.05, 0) is 25.1 Å². The summed E-state index contributed by atoms with van der Waals surface area (Å²) in [6.07, 6.45) is 1.10. The second kappa shape index (κ2) is 7.82. The van der Waals surface area contributed by atoms with Gasteiger partial charge in [-0.1, -0.05) is 36.7 Å². The first-order valence-corrected chi connectivity index (χ1v) is 7.07. The largest absolute Gasteiger partial charge is 0.472 e. The van der Waals surface area contributed by atoms with Crippen molar-refractivity contribution in [2.45, 2.75) is 26.5 Å². The van der Waals surface area contributed by atoms with Gasteiger partial charge in [0.15, 0.2) is 0 Å². The van der Waals surface area contributed by atoms with Gasteiger partial charge in [0, 0.05) is 23.2 Å². The van der Waals surface area contributed by atoms with Crippen molar-refractivity contribution < 1.29 is 4.74 Å². The van der Waals surface area contributed by atoms with Crippen LogP contribution in [0.2, 0.25) is 5.02 Å². The summed E-state index contributed by atoms with van der Waals surface area (Å²) in [4.78, 5) is 0. The standard InChI is InChI=1S/C15H18ClN3O/c1-2-9-17-10-13-7-8-15(19-18-13)20-11-12-5-3-4-6-14(12)16/h3-8,17H,2,9-11H2,1H3. The lowest BCUT2D eigenvalue weighted by Gasteiger charge is -2.07. The molecule has 20 heavy (non-hydrogen) atoms. The quantitative estimate of drug-likeness (QED) is 0.796. The van der Waals surface area contributed by atoms with Gasteiger partial charge in [-0.25, -0.2) is 0 Å². The Morgan fingerprint density at radius 3 is 2.70 bits per heavy atom. The van der Waals surface area contributed by atoms with Gasteiger partial charge in [0.2, 0.25) is 5.88 Å². The number of rotatable bonds is 7. The molecule has 1 aromatic carbocycles. The van der Waals surface area contributed by atoms with E-state index in [2.05, 4.69) is 22.4 Å². The Balaban J connectivity index is 1.86. The fourth-order valence-electron chi connectivity index (χ4n) is 1.68. The molecule has 2 aromatic rings. The highest BCUT2D eigenvalue weighted by atomic mass is 35.5. The summed E-state index contributed by atoms with van der Waals surface area (Å²) in [6, 6.07) is 11.3. The van der Waals surface area contributed by atoms with E-state index in [0.717, 1.165) is 30.8 Å². The third kappa shape index (κ3) is 4.47. The molecule has 0 atom stereocenters. The monoisotopic (exact) mass is 291 g/mol. The zero-order valence-electron chi connectivity index (χ0n) is 11.5. The van der Waals surface area contributed by atoms with Gasteiger partial charge in [0.05, 0.1) is 5.69 Å². The minimum absolute atomic E-state index is 0.391. The lowest BCUT2D eigenvalue weighted by molar-refractivity contribution is 0.290. The molecule has 0 unspecified atom stereocenters. The summed E-state index contributed by atoms with van der Waals surface area (Å²) in [5.41, 5.74) is 1.84. The molecule has 0 radical (unpaired) electrons. The molecule has 0 aliphatic carbocycles. The molecule has 0 aliphatic rings. The Kier molecular flexibility index (Phi) is 5.77. The molecule has 1 heterocycles. The molecule has 0 bridgehead atoms. The molecular formula is C15H18ClN3O. The normalized spacial score (nSPS) is 10.5. The van der Waals surface area contributed by atoms with Crippen molar-refractivity contribution in [2.75, 3.05) is 6.54 Å². The van der Waals surface area contributed by atoms with Crippen molar-refractivity contribution in [1.82, 2.24) is 15.5 Å². The summed E-state index contributed by atoms with van der Waals surface area (Å²) < 4.78 is 5.58. The van der Waals surface area contributed by atoms with E-state index in [9.17, 15) is 0 Å². The van der Waals surface area contributed by atoms with Gasteiger partial charge >= 0.3 is 0 Å². The Morgan fingerprint density at radius 2 is 2.00 bits per heavy atom. The van der Waals surface area contributed by atoms with Gasteiger partial charge < -0.3 is 10.1 Å². The first-order valence-electron chi connectivity index (χ1n) is 6.69. The van der Waals surface area contributed by atoms with E-state index >= 15 is 0 Å².